The fraction of sp³-hybridized carbons (Fsp3) is 0.333. The van der Waals surface area contributed by atoms with Crippen molar-refractivity contribution in [3.05, 3.63) is 48.0 Å². The van der Waals surface area contributed by atoms with Gasteiger partial charge in [0.2, 0.25) is 15.9 Å². The van der Waals surface area contributed by atoms with Crippen LogP contribution in [0.3, 0.4) is 0 Å². The van der Waals surface area contributed by atoms with Gasteiger partial charge in [0.15, 0.2) is 6.61 Å². The number of rotatable bonds is 6. The molecule has 1 saturated heterocycles. The molecule has 1 fully saturated rings. The first-order valence-corrected chi connectivity index (χ1v) is 11.3. The lowest BCUT2D eigenvalue weighted by Crippen LogP contribution is -2.45. The van der Waals surface area contributed by atoms with Crippen LogP contribution in [0.5, 0.6) is 11.5 Å². The molecule has 2 aromatic carbocycles. The number of fused-ring (bicyclic) bond motifs is 1. The normalized spacial score (nSPS) is 18.6. The summed E-state index contributed by atoms with van der Waals surface area (Å²) in [7, 11) is -2.35. The van der Waals surface area contributed by atoms with Crippen LogP contribution in [0.4, 0.5) is 5.69 Å². The molecule has 0 radical (unpaired) electrons. The number of nitrogens with one attached hydrogen (secondary N) is 2. The zero-order valence-electron chi connectivity index (χ0n) is 17.0. The largest absolute Gasteiger partial charge is 0.497 e. The summed E-state index contributed by atoms with van der Waals surface area (Å²) in [6, 6.07) is 10.8. The van der Waals surface area contributed by atoms with Gasteiger partial charge in [0.05, 0.1) is 17.7 Å². The van der Waals surface area contributed by atoms with E-state index in [4.69, 9.17) is 9.47 Å². The van der Waals surface area contributed by atoms with Crippen molar-refractivity contribution in [3.8, 4) is 11.5 Å². The van der Waals surface area contributed by atoms with Gasteiger partial charge in [-0.15, -0.1) is 0 Å². The number of hydrogen-bond acceptors (Lipinski definition) is 6. The maximum Gasteiger partial charge on any atom is 0.262 e. The van der Waals surface area contributed by atoms with Crippen LogP contribution in [0, 0.1) is 0 Å². The number of carbonyl (C=O) groups excluding carboxylic acids is 2. The van der Waals surface area contributed by atoms with Crippen molar-refractivity contribution in [2.45, 2.75) is 30.3 Å². The van der Waals surface area contributed by atoms with Crippen molar-refractivity contribution in [2.75, 3.05) is 25.6 Å². The van der Waals surface area contributed by atoms with E-state index in [9.17, 15) is 18.0 Å². The van der Waals surface area contributed by atoms with E-state index < -0.39 is 16.1 Å². The molecule has 0 aliphatic carbocycles. The van der Waals surface area contributed by atoms with Crippen molar-refractivity contribution in [2.24, 2.45) is 0 Å². The van der Waals surface area contributed by atoms with Crippen LogP contribution in [-0.2, 0) is 26.2 Å². The van der Waals surface area contributed by atoms with Crippen LogP contribution >= 0.6 is 0 Å². The maximum absolute atomic E-state index is 13.2. The van der Waals surface area contributed by atoms with Gasteiger partial charge in [-0.3, -0.25) is 9.59 Å². The monoisotopic (exact) mass is 445 g/mol. The van der Waals surface area contributed by atoms with Gasteiger partial charge in [-0.05, 0) is 48.7 Å². The van der Waals surface area contributed by atoms with Crippen LogP contribution < -0.4 is 20.1 Å². The highest BCUT2D eigenvalue weighted by Gasteiger charge is 2.39. The predicted molar refractivity (Wildman–Crippen MR) is 112 cm³/mol. The van der Waals surface area contributed by atoms with E-state index in [1.807, 2.05) is 12.1 Å². The van der Waals surface area contributed by atoms with E-state index in [1.54, 1.807) is 19.2 Å². The molecule has 2 aliphatic rings. The molecular weight excluding hydrogens is 422 g/mol. The van der Waals surface area contributed by atoms with Gasteiger partial charge in [-0.25, -0.2) is 8.42 Å². The molecule has 2 aliphatic heterocycles. The third-order valence-corrected chi connectivity index (χ3v) is 7.23. The lowest BCUT2D eigenvalue weighted by Gasteiger charge is -2.24. The zero-order chi connectivity index (χ0) is 22.0. The summed E-state index contributed by atoms with van der Waals surface area (Å²) in [6.07, 6.45) is 1.03. The van der Waals surface area contributed by atoms with E-state index in [0.717, 1.165) is 11.3 Å². The summed E-state index contributed by atoms with van der Waals surface area (Å²) < 4.78 is 38.1. The number of sulfonamides is 1. The average Bonchev–Trinajstić information content (AvgIpc) is 3.28. The van der Waals surface area contributed by atoms with Gasteiger partial charge in [0.25, 0.3) is 5.91 Å². The molecule has 31 heavy (non-hydrogen) atoms. The second-order valence-corrected chi connectivity index (χ2v) is 9.23. The van der Waals surface area contributed by atoms with Gasteiger partial charge >= 0.3 is 0 Å². The molecule has 1 atom stereocenters. The number of anilines is 1. The Labute approximate surface area is 180 Å². The summed E-state index contributed by atoms with van der Waals surface area (Å²) in [5.74, 6) is 0.439. The van der Waals surface area contributed by atoms with E-state index in [2.05, 4.69) is 10.6 Å². The van der Waals surface area contributed by atoms with Crippen molar-refractivity contribution >= 4 is 27.5 Å². The molecule has 2 amide bonds. The molecular formula is C21H23N3O6S. The molecule has 2 heterocycles. The third kappa shape index (κ3) is 4.35. The van der Waals surface area contributed by atoms with E-state index in [0.29, 0.717) is 24.3 Å². The highest BCUT2D eigenvalue weighted by atomic mass is 32.2. The second kappa shape index (κ2) is 8.56. The topological polar surface area (TPSA) is 114 Å². The Morgan fingerprint density at radius 1 is 1.26 bits per heavy atom. The Kier molecular flexibility index (Phi) is 5.84. The number of ether oxygens (including phenoxy) is 2. The number of benzene rings is 2. The van der Waals surface area contributed by atoms with Crippen LogP contribution in [0.25, 0.3) is 0 Å². The molecule has 2 aromatic rings. The molecule has 164 valence electrons. The summed E-state index contributed by atoms with van der Waals surface area (Å²) in [5, 5.41) is 5.43. The molecule has 9 nitrogen and oxygen atoms in total. The summed E-state index contributed by atoms with van der Waals surface area (Å²) in [5.41, 5.74) is 1.18. The second-order valence-electron chi connectivity index (χ2n) is 7.33. The van der Waals surface area contributed by atoms with Crippen molar-refractivity contribution in [3.63, 3.8) is 0 Å². The van der Waals surface area contributed by atoms with E-state index in [-0.39, 0.29) is 36.4 Å². The summed E-state index contributed by atoms with van der Waals surface area (Å²) in [4.78, 5) is 24.3. The number of carbonyl (C=O) groups is 2. The molecule has 10 heteroatoms. The van der Waals surface area contributed by atoms with Gasteiger partial charge in [-0.1, -0.05) is 12.1 Å². The minimum Gasteiger partial charge on any atom is -0.497 e. The van der Waals surface area contributed by atoms with Crippen LogP contribution in [0.1, 0.15) is 18.4 Å². The first-order valence-electron chi connectivity index (χ1n) is 9.87. The molecule has 0 saturated carbocycles. The summed E-state index contributed by atoms with van der Waals surface area (Å²) in [6.45, 7) is 0.431. The smallest absolute Gasteiger partial charge is 0.262 e. The molecule has 1 unspecified atom stereocenters. The first kappa shape index (κ1) is 21.1. The fourth-order valence-electron chi connectivity index (χ4n) is 3.70. The number of hydrogen-bond donors (Lipinski definition) is 2. The number of methoxy groups -OCH3 is 1. The Bertz CT molecular complexity index is 1100. The van der Waals surface area contributed by atoms with Crippen molar-refractivity contribution in [1.29, 1.82) is 0 Å². The maximum atomic E-state index is 13.2. The van der Waals surface area contributed by atoms with Gasteiger partial charge < -0.3 is 20.1 Å². The van der Waals surface area contributed by atoms with Gasteiger partial charge in [-0.2, -0.15) is 4.31 Å². The highest BCUT2D eigenvalue weighted by Crippen LogP contribution is 2.33. The van der Waals surface area contributed by atoms with E-state index >= 15 is 0 Å². The molecule has 2 N–H and O–H groups in total. The van der Waals surface area contributed by atoms with Crippen molar-refractivity contribution < 1.29 is 27.5 Å². The molecule has 0 spiro atoms. The Balaban J connectivity index is 1.48. The predicted octanol–water partition coefficient (Wildman–Crippen LogP) is 1.50. The standard InChI is InChI=1S/C21H23N3O6S/c1-29-15-6-4-14(5-7-15)12-22-21(26)18-3-2-10-24(18)31(27,28)16-8-9-19-17(11-16)23-20(25)13-30-19/h4-9,11,18H,2-3,10,12-13H2,1H3,(H,22,26)(H,23,25). The van der Waals surface area contributed by atoms with Crippen LogP contribution in [0.15, 0.2) is 47.4 Å². The third-order valence-electron chi connectivity index (χ3n) is 5.32. The van der Waals surface area contributed by atoms with Crippen LogP contribution in [-0.4, -0.2) is 50.8 Å². The van der Waals surface area contributed by atoms with E-state index in [1.165, 1.54) is 22.5 Å². The lowest BCUT2D eigenvalue weighted by molar-refractivity contribution is -0.124. The lowest BCUT2D eigenvalue weighted by atomic mass is 10.2. The Hall–Kier alpha value is -3.11. The number of nitrogens with zero attached hydrogens (tertiary/aromatic N) is 1. The van der Waals surface area contributed by atoms with Crippen LogP contribution in [0.2, 0.25) is 0 Å². The molecule has 0 bridgehead atoms. The van der Waals surface area contributed by atoms with Crippen molar-refractivity contribution in [1.82, 2.24) is 9.62 Å². The highest BCUT2D eigenvalue weighted by molar-refractivity contribution is 7.89. The zero-order valence-corrected chi connectivity index (χ0v) is 17.8. The fourth-order valence-corrected chi connectivity index (χ4v) is 5.38. The quantitative estimate of drug-likeness (QED) is 0.697. The molecule has 4 rings (SSSR count). The van der Waals surface area contributed by atoms with Gasteiger partial charge in [0.1, 0.15) is 17.5 Å². The summed E-state index contributed by atoms with van der Waals surface area (Å²) >= 11 is 0. The SMILES string of the molecule is COc1ccc(CNC(=O)C2CCCN2S(=O)(=O)c2ccc3c(c2)NC(=O)CO3)cc1. The number of amides is 2. The van der Waals surface area contributed by atoms with Gasteiger partial charge in [0, 0.05) is 13.1 Å². The first-order chi connectivity index (χ1) is 14.9. The Morgan fingerprint density at radius 3 is 2.77 bits per heavy atom. The minimum atomic E-state index is -3.93. The Morgan fingerprint density at radius 2 is 2.03 bits per heavy atom. The minimum absolute atomic E-state index is 0.00639. The molecule has 0 aromatic heterocycles. The average molecular weight is 445 g/mol.